The Morgan fingerprint density at radius 2 is 1.90 bits per heavy atom. The van der Waals surface area contributed by atoms with E-state index in [9.17, 15) is 20.4 Å². The molecule has 0 heterocycles. The van der Waals surface area contributed by atoms with E-state index in [0.717, 1.165) is 25.8 Å². The molecule has 2 fully saturated rings. The number of hydrogen-bond acceptors (Lipinski definition) is 5. The first-order chi connectivity index (χ1) is 9.82. The van der Waals surface area contributed by atoms with Crippen molar-refractivity contribution in [3.63, 3.8) is 0 Å². The SMILES string of the molecule is C#CCN(C)CCCC1CCC2(O)CC(O)C(O)CC12O. The van der Waals surface area contributed by atoms with Crippen molar-refractivity contribution in [3.8, 4) is 12.3 Å². The second kappa shape index (κ2) is 6.23. The minimum Gasteiger partial charge on any atom is -0.390 e. The summed E-state index contributed by atoms with van der Waals surface area (Å²) in [6.45, 7) is 1.45. The van der Waals surface area contributed by atoms with Crippen LogP contribution >= 0.6 is 0 Å². The zero-order valence-corrected chi connectivity index (χ0v) is 12.7. The molecule has 2 saturated carbocycles. The van der Waals surface area contributed by atoms with Gasteiger partial charge in [-0.3, -0.25) is 4.90 Å². The first-order valence-corrected chi connectivity index (χ1v) is 7.75. The summed E-state index contributed by atoms with van der Waals surface area (Å²) >= 11 is 0. The van der Waals surface area contributed by atoms with E-state index in [0.29, 0.717) is 13.0 Å². The third-order valence-electron chi connectivity index (χ3n) is 5.35. The van der Waals surface area contributed by atoms with Crippen LogP contribution in [0.1, 0.15) is 38.5 Å². The number of aliphatic hydroxyl groups is 4. The van der Waals surface area contributed by atoms with Gasteiger partial charge in [0.15, 0.2) is 0 Å². The smallest absolute Gasteiger partial charge is 0.0987 e. The fourth-order valence-corrected chi connectivity index (χ4v) is 4.05. The maximum Gasteiger partial charge on any atom is 0.0987 e. The topological polar surface area (TPSA) is 84.2 Å². The van der Waals surface area contributed by atoms with Crippen LogP contribution in [0.4, 0.5) is 0 Å². The minimum absolute atomic E-state index is 0.0381. The van der Waals surface area contributed by atoms with Crippen molar-refractivity contribution in [2.45, 2.75) is 61.9 Å². The molecule has 5 unspecified atom stereocenters. The molecule has 0 radical (unpaired) electrons. The lowest BCUT2D eigenvalue weighted by atomic mass is 9.67. The van der Waals surface area contributed by atoms with Crippen molar-refractivity contribution in [3.05, 3.63) is 0 Å². The van der Waals surface area contributed by atoms with Gasteiger partial charge in [-0.1, -0.05) is 5.92 Å². The largest absolute Gasteiger partial charge is 0.390 e. The van der Waals surface area contributed by atoms with Crippen molar-refractivity contribution in [1.29, 1.82) is 0 Å². The summed E-state index contributed by atoms with van der Waals surface area (Å²) in [5, 5.41) is 41.2. The summed E-state index contributed by atoms with van der Waals surface area (Å²) in [5.41, 5.74) is -2.54. The third kappa shape index (κ3) is 3.10. The summed E-state index contributed by atoms with van der Waals surface area (Å²) in [6, 6.07) is 0. The monoisotopic (exact) mass is 297 g/mol. The molecular weight excluding hydrogens is 270 g/mol. The molecule has 0 aromatic heterocycles. The highest BCUT2D eigenvalue weighted by Crippen LogP contribution is 2.53. The second-order valence-corrected chi connectivity index (χ2v) is 6.82. The predicted molar refractivity (Wildman–Crippen MR) is 79.4 cm³/mol. The lowest BCUT2D eigenvalue weighted by molar-refractivity contribution is -0.220. The molecule has 2 rings (SSSR count). The van der Waals surface area contributed by atoms with Crippen LogP contribution in [0.5, 0.6) is 0 Å². The highest BCUT2D eigenvalue weighted by molar-refractivity contribution is 5.14. The third-order valence-corrected chi connectivity index (χ3v) is 5.35. The van der Waals surface area contributed by atoms with Gasteiger partial charge < -0.3 is 20.4 Å². The molecule has 2 aliphatic carbocycles. The lowest BCUT2D eigenvalue weighted by Gasteiger charge is -2.48. The Balaban J connectivity index is 1.95. The second-order valence-electron chi connectivity index (χ2n) is 6.82. The number of terminal acetylenes is 1. The predicted octanol–water partition coefficient (Wildman–Crippen LogP) is -0.281. The van der Waals surface area contributed by atoms with E-state index in [4.69, 9.17) is 6.42 Å². The van der Waals surface area contributed by atoms with Gasteiger partial charge in [-0.2, -0.15) is 0 Å². The average molecular weight is 297 g/mol. The van der Waals surface area contributed by atoms with Gasteiger partial charge in [0.2, 0.25) is 0 Å². The normalized spacial score (nSPS) is 42.8. The molecule has 120 valence electrons. The van der Waals surface area contributed by atoms with Crippen LogP contribution in [-0.2, 0) is 0 Å². The summed E-state index contributed by atoms with van der Waals surface area (Å²) in [6.07, 6.45) is 6.35. The summed E-state index contributed by atoms with van der Waals surface area (Å²) < 4.78 is 0. The Morgan fingerprint density at radius 1 is 1.24 bits per heavy atom. The molecule has 0 saturated heterocycles. The van der Waals surface area contributed by atoms with Gasteiger partial charge in [0.25, 0.3) is 0 Å². The van der Waals surface area contributed by atoms with Gasteiger partial charge in [0, 0.05) is 12.8 Å². The van der Waals surface area contributed by atoms with Crippen LogP contribution in [0, 0.1) is 18.3 Å². The van der Waals surface area contributed by atoms with Crippen molar-refractivity contribution in [2.75, 3.05) is 20.1 Å². The van der Waals surface area contributed by atoms with Crippen LogP contribution in [0.3, 0.4) is 0 Å². The number of nitrogens with zero attached hydrogens (tertiary/aromatic N) is 1. The lowest BCUT2D eigenvalue weighted by Crippen LogP contribution is -2.62. The molecule has 0 aliphatic heterocycles. The average Bonchev–Trinajstić information content (AvgIpc) is 2.63. The van der Waals surface area contributed by atoms with Crippen LogP contribution in [0.15, 0.2) is 0 Å². The number of rotatable bonds is 5. The Morgan fingerprint density at radius 3 is 2.57 bits per heavy atom. The van der Waals surface area contributed by atoms with Gasteiger partial charge in [-0.15, -0.1) is 6.42 Å². The number of hydrogen-bond donors (Lipinski definition) is 4. The van der Waals surface area contributed by atoms with Gasteiger partial charge in [0.1, 0.15) is 0 Å². The molecule has 5 nitrogen and oxygen atoms in total. The molecule has 0 aromatic rings. The fraction of sp³-hybridized carbons (Fsp3) is 0.875. The molecule has 21 heavy (non-hydrogen) atoms. The van der Waals surface area contributed by atoms with E-state index >= 15 is 0 Å². The van der Waals surface area contributed by atoms with E-state index in [1.54, 1.807) is 0 Å². The van der Waals surface area contributed by atoms with Crippen molar-refractivity contribution in [2.24, 2.45) is 5.92 Å². The molecule has 5 atom stereocenters. The maximum absolute atomic E-state index is 10.9. The van der Waals surface area contributed by atoms with E-state index in [1.165, 1.54) is 0 Å². The zero-order chi connectivity index (χ0) is 15.7. The van der Waals surface area contributed by atoms with Crippen LogP contribution in [0.25, 0.3) is 0 Å². The van der Waals surface area contributed by atoms with Crippen LogP contribution in [-0.4, -0.2) is 68.9 Å². The molecular formula is C16H27NO4. The van der Waals surface area contributed by atoms with E-state index in [1.807, 2.05) is 11.9 Å². The first-order valence-electron chi connectivity index (χ1n) is 7.75. The summed E-state index contributed by atoms with van der Waals surface area (Å²) in [5.74, 6) is 2.55. The highest BCUT2D eigenvalue weighted by Gasteiger charge is 2.62. The van der Waals surface area contributed by atoms with Crippen molar-refractivity contribution in [1.82, 2.24) is 4.90 Å². The van der Waals surface area contributed by atoms with Crippen LogP contribution in [0.2, 0.25) is 0 Å². The van der Waals surface area contributed by atoms with Crippen LogP contribution < -0.4 is 0 Å². The Hall–Kier alpha value is -0.640. The Labute approximate surface area is 126 Å². The van der Waals surface area contributed by atoms with E-state index in [-0.39, 0.29) is 18.8 Å². The van der Waals surface area contributed by atoms with E-state index in [2.05, 4.69) is 5.92 Å². The van der Waals surface area contributed by atoms with Crippen molar-refractivity contribution < 1.29 is 20.4 Å². The molecule has 2 aliphatic rings. The van der Waals surface area contributed by atoms with Gasteiger partial charge >= 0.3 is 0 Å². The summed E-state index contributed by atoms with van der Waals surface area (Å²) in [7, 11) is 1.96. The molecule has 4 N–H and O–H groups in total. The van der Waals surface area contributed by atoms with Crippen molar-refractivity contribution >= 4 is 0 Å². The minimum atomic E-state index is -1.28. The standard InChI is InChI=1S/C16H27NO4/c1-3-8-17(2)9-4-5-12-6-7-15(20)10-13(18)14(19)11-16(12,15)21/h1,12-14,18-21H,4-11H2,2H3. The van der Waals surface area contributed by atoms with Gasteiger partial charge in [-0.05, 0) is 45.2 Å². The number of fused-ring (bicyclic) bond motifs is 1. The molecule has 0 amide bonds. The zero-order valence-electron chi connectivity index (χ0n) is 12.7. The maximum atomic E-state index is 10.9. The highest BCUT2D eigenvalue weighted by atomic mass is 16.4. The quantitative estimate of drug-likeness (QED) is 0.525. The molecule has 0 spiro atoms. The molecule has 0 aromatic carbocycles. The van der Waals surface area contributed by atoms with Gasteiger partial charge in [-0.25, -0.2) is 0 Å². The Bertz CT molecular complexity index is 410. The summed E-state index contributed by atoms with van der Waals surface area (Å²) in [4.78, 5) is 2.05. The number of aliphatic hydroxyl groups excluding tert-OH is 2. The van der Waals surface area contributed by atoms with Gasteiger partial charge in [0.05, 0.1) is 30.0 Å². The molecule has 0 bridgehead atoms. The Kier molecular flexibility index (Phi) is 4.96. The fourth-order valence-electron chi connectivity index (χ4n) is 4.05. The van der Waals surface area contributed by atoms with E-state index < -0.39 is 23.4 Å². The first kappa shape index (κ1) is 16.7. The molecule has 5 heteroatoms.